The van der Waals surface area contributed by atoms with E-state index in [1.807, 2.05) is 24.3 Å². The third-order valence-corrected chi connectivity index (χ3v) is 4.40. The molecule has 0 bridgehead atoms. The Balaban J connectivity index is 1.77. The number of amides is 2. The predicted octanol–water partition coefficient (Wildman–Crippen LogP) is 5.36. The van der Waals surface area contributed by atoms with E-state index in [1.54, 1.807) is 30.3 Å². The van der Waals surface area contributed by atoms with E-state index in [-0.39, 0.29) is 17.5 Å². The summed E-state index contributed by atoms with van der Waals surface area (Å²) in [6, 6.07) is 17.5. The average molecular weight is 394 g/mol. The van der Waals surface area contributed by atoms with Crippen molar-refractivity contribution in [3.05, 3.63) is 88.7 Å². The van der Waals surface area contributed by atoms with E-state index in [2.05, 4.69) is 29.5 Å². The maximum atomic E-state index is 12.7. The van der Waals surface area contributed by atoms with E-state index in [0.717, 1.165) is 11.3 Å². The molecule has 0 aliphatic heterocycles. The van der Waals surface area contributed by atoms with Crippen molar-refractivity contribution in [2.75, 3.05) is 10.6 Å². The smallest absolute Gasteiger partial charge is 0.274 e. The van der Waals surface area contributed by atoms with Crippen molar-refractivity contribution >= 4 is 34.8 Å². The third kappa shape index (κ3) is 4.75. The van der Waals surface area contributed by atoms with Gasteiger partial charge in [-0.1, -0.05) is 49.7 Å². The molecule has 0 atom stereocenters. The van der Waals surface area contributed by atoms with Crippen LogP contribution in [0.1, 0.15) is 46.2 Å². The van der Waals surface area contributed by atoms with Gasteiger partial charge >= 0.3 is 0 Å². The number of hydrogen-bond donors (Lipinski definition) is 2. The highest BCUT2D eigenvalue weighted by atomic mass is 35.5. The molecule has 0 aliphatic rings. The van der Waals surface area contributed by atoms with Gasteiger partial charge in [-0.25, -0.2) is 0 Å². The molecule has 0 spiro atoms. The van der Waals surface area contributed by atoms with Crippen LogP contribution in [0.3, 0.4) is 0 Å². The molecule has 142 valence electrons. The molecule has 0 radical (unpaired) electrons. The molecule has 0 unspecified atom stereocenters. The van der Waals surface area contributed by atoms with Crippen LogP contribution in [0.5, 0.6) is 0 Å². The number of pyridine rings is 1. The monoisotopic (exact) mass is 393 g/mol. The number of halogens is 1. The lowest BCUT2D eigenvalue weighted by Crippen LogP contribution is -2.17. The molecule has 0 saturated carbocycles. The van der Waals surface area contributed by atoms with Crippen molar-refractivity contribution in [3.8, 4) is 0 Å². The minimum Gasteiger partial charge on any atom is -0.322 e. The molecule has 6 heteroatoms. The number of nitrogens with one attached hydrogen (secondary N) is 2. The SMILES string of the molecule is CC(C)c1ccccc1NC(=O)c1ccnc(C(=O)Nc2cccc(Cl)c2)c1. The van der Waals surface area contributed by atoms with Crippen LogP contribution in [-0.2, 0) is 0 Å². The molecule has 28 heavy (non-hydrogen) atoms. The summed E-state index contributed by atoms with van der Waals surface area (Å²) >= 11 is 5.93. The van der Waals surface area contributed by atoms with Gasteiger partial charge in [0.15, 0.2) is 0 Å². The molecule has 0 aliphatic carbocycles. The summed E-state index contributed by atoms with van der Waals surface area (Å²) < 4.78 is 0. The Morgan fingerprint density at radius 2 is 1.71 bits per heavy atom. The Hall–Kier alpha value is -3.18. The average Bonchev–Trinajstić information content (AvgIpc) is 2.68. The fourth-order valence-electron chi connectivity index (χ4n) is 2.77. The van der Waals surface area contributed by atoms with Crippen molar-refractivity contribution in [3.63, 3.8) is 0 Å². The number of carbonyl (C=O) groups excluding carboxylic acids is 2. The Morgan fingerprint density at radius 1 is 0.929 bits per heavy atom. The van der Waals surface area contributed by atoms with Gasteiger partial charge < -0.3 is 10.6 Å². The molecule has 3 rings (SSSR count). The minimum absolute atomic E-state index is 0.143. The second-order valence-electron chi connectivity index (χ2n) is 6.59. The van der Waals surface area contributed by atoms with E-state index in [4.69, 9.17) is 11.6 Å². The van der Waals surface area contributed by atoms with E-state index >= 15 is 0 Å². The van der Waals surface area contributed by atoms with Gasteiger partial charge in [-0.2, -0.15) is 0 Å². The molecular formula is C22H20ClN3O2. The molecular weight excluding hydrogens is 374 g/mol. The maximum absolute atomic E-state index is 12.7. The van der Waals surface area contributed by atoms with Crippen LogP contribution in [0, 0.1) is 0 Å². The highest BCUT2D eigenvalue weighted by molar-refractivity contribution is 6.31. The molecule has 2 amide bonds. The number of nitrogens with zero attached hydrogens (tertiary/aromatic N) is 1. The quantitative estimate of drug-likeness (QED) is 0.612. The Labute approximate surface area is 168 Å². The lowest BCUT2D eigenvalue weighted by Gasteiger charge is -2.14. The number of anilines is 2. The van der Waals surface area contributed by atoms with Crippen LogP contribution in [0.15, 0.2) is 66.9 Å². The zero-order valence-corrected chi connectivity index (χ0v) is 16.3. The topological polar surface area (TPSA) is 71.1 Å². The zero-order chi connectivity index (χ0) is 20.1. The number of aromatic nitrogens is 1. The van der Waals surface area contributed by atoms with Gasteiger partial charge in [-0.3, -0.25) is 14.6 Å². The molecule has 1 heterocycles. The summed E-state index contributed by atoms with van der Waals surface area (Å²) in [4.78, 5) is 29.2. The predicted molar refractivity (Wildman–Crippen MR) is 112 cm³/mol. The van der Waals surface area contributed by atoms with Gasteiger partial charge in [0.1, 0.15) is 5.69 Å². The van der Waals surface area contributed by atoms with Gasteiger partial charge in [0, 0.05) is 28.2 Å². The van der Waals surface area contributed by atoms with E-state index in [1.165, 1.54) is 12.3 Å². The highest BCUT2D eigenvalue weighted by Crippen LogP contribution is 2.24. The summed E-state index contributed by atoms with van der Waals surface area (Å²) in [7, 11) is 0. The Kier molecular flexibility index (Phi) is 6.06. The molecule has 1 aromatic heterocycles. The summed E-state index contributed by atoms with van der Waals surface area (Å²) in [6.45, 7) is 4.13. The van der Waals surface area contributed by atoms with Crippen molar-refractivity contribution in [1.82, 2.24) is 4.98 Å². The van der Waals surface area contributed by atoms with Crippen molar-refractivity contribution < 1.29 is 9.59 Å². The number of carbonyl (C=O) groups is 2. The molecule has 2 aromatic carbocycles. The van der Waals surface area contributed by atoms with Crippen LogP contribution >= 0.6 is 11.6 Å². The van der Waals surface area contributed by atoms with Crippen LogP contribution in [0.4, 0.5) is 11.4 Å². The Morgan fingerprint density at radius 3 is 2.46 bits per heavy atom. The first-order chi connectivity index (χ1) is 13.4. The minimum atomic E-state index is -0.417. The summed E-state index contributed by atoms with van der Waals surface area (Å²) in [5.74, 6) is -0.445. The number of rotatable bonds is 5. The van der Waals surface area contributed by atoms with Gasteiger partial charge in [0.05, 0.1) is 0 Å². The molecule has 2 N–H and O–H groups in total. The van der Waals surface area contributed by atoms with Gasteiger partial charge in [-0.05, 0) is 47.9 Å². The highest BCUT2D eigenvalue weighted by Gasteiger charge is 2.14. The number of benzene rings is 2. The van der Waals surface area contributed by atoms with Crippen LogP contribution in [-0.4, -0.2) is 16.8 Å². The van der Waals surface area contributed by atoms with E-state index < -0.39 is 5.91 Å². The van der Waals surface area contributed by atoms with E-state index in [0.29, 0.717) is 16.3 Å². The van der Waals surface area contributed by atoms with Crippen LogP contribution < -0.4 is 10.6 Å². The van der Waals surface area contributed by atoms with Crippen molar-refractivity contribution in [2.24, 2.45) is 0 Å². The zero-order valence-electron chi connectivity index (χ0n) is 15.6. The fraction of sp³-hybridized carbons (Fsp3) is 0.136. The first-order valence-electron chi connectivity index (χ1n) is 8.87. The lowest BCUT2D eigenvalue weighted by molar-refractivity contribution is 0.102. The van der Waals surface area contributed by atoms with E-state index in [9.17, 15) is 9.59 Å². The molecule has 0 fully saturated rings. The van der Waals surface area contributed by atoms with Crippen molar-refractivity contribution in [2.45, 2.75) is 19.8 Å². The largest absolute Gasteiger partial charge is 0.322 e. The normalized spacial score (nSPS) is 10.6. The third-order valence-electron chi connectivity index (χ3n) is 4.17. The van der Waals surface area contributed by atoms with Crippen molar-refractivity contribution in [1.29, 1.82) is 0 Å². The fourth-order valence-corrected chi connectivity index (χ4v) is 2.96. The lowest BCUT2D eigenvalue weighted by atomic mass is 10.0. The van der Waals surface area contributed by atoms with Crippen LogP contribution in [0.2, 0.25) is 5.02 Å². The second kappa shape index (κ2) is 8.67. The Bertz CT molecular complexity index is 1020. The molecule has 5 nitrogen and oxygen atoms in total. The van der Waals surface area contributed by atoms with Gasteiger partial charge in [0.2, 0.25) is 0 Å². The first kappa shape index (κ1) is 19.6. The maximum Gasteiger partial charge on any atom is 0.274 e. The second-order valence-corrected chi connectivity index (χ2v) is 7.03. The summed E-state index contributed by atoms with van der Waals surface area (Å²) in [5.41, 5.74) is 2.85. The van der Waals surface area contributed by atoms with Crippen LogP contribution in [0.25, 0.3) is 0 Å². The number of para-hydroxylation sites is 1. The summed E-state index contributed by atoms with van der Waals surface area (Å²) in [6.07, 6.45) is 1.44. The number of hydrogen-bond acceptors (Lipinski definition) is 3. The van der Waals surface area contributed by atoms with Gasteiger partial charge in [0.25, 0.3) is 11.8 Å². The molecule has 3 aromatic rings. The standard InChI is InChI=1S/C22H20ClN3O2/c1-14(2)18-8-3-4-9-19(18)26-21(27)15-10-11-24-20(12-15)22(28)25-17-7-5-6-16(23)13-17/h3-14H,1-2H3,(H,25,28)(H,26,27). The first-order valence-corrected chi connectivity index (χ1v) is 9.25. The molecule has 0 saturated heterocycles. The van der Waals surface area contributed by atoms with Gasteiger partial charge in [-0.15, -0.1) is 0 Å². The summed E-state index contributed by atoms with van der Waals surface area (Å²) in [5, 5.41) is 6.15.